The minimum atomic E-state index is -1.26. The fourth-order valence-electron chi connectivity index (χ4n) is 2.02. The van der Waals surface area contributed by atoms with Gasteiger partial charge in [-0.15, -0.1) is 0 Å². The Morgan fingerprint density at radius 2 is 2.00 bits per heavy atom. The molecular weight excluding hydrogens is 208 g/mol. The lowest BCUT2D eigenvalue weighted by Gasteiger charge is -2.21. The van der Waals surface area contributed by atoms with Gasteiger partial charge >= 0.3 is 5.97 Å². The number of aliphatic hydroxyl groups is 1. The topological polar surface area (TPSA) is 66.8 Å². The zero-order valence-electron chi connectivity index (χ0n) is 8.18. The molecule has 1 unspecified atom stereocenters. The Morgan fingerprint density at radius 3 is 2.81 bits per heavy atom. The Kier molecular flexibility index (Phi) is 1.70. The molecule has 16 heavy (non-hydrogen) atoms. The summed E-state index contributed by atoms with van der Waals surface area (Å²) in [5, 5.41) is 20.4. The molecule has 1 atom stereocenters. The lowest BCUT2D eigenvalue weighted by atomic mass is 9.96. The third kappa shape index (κ3) is 1.05. The van der Waals surface area contributed by atoms with Crippen molar-refractivity contribution in [1.29, 1.82) is 0 Å². The van der Waals surface area contributed by atoms with E-state index in [4.69, 9.17) is 4.74 Å². The van der Waals surface area contributed by atoms with E-state index in [1.807, 2.05) is 0 Å². The molecule has 0 fully saturated rings. The molecule has 0 saturated heterocycles. The van der Waals surface area contributed by atoms with E-state index in [2.05, 4.69) is 0 Å². The van der Waals surface area contributed by atoms with Crippen LogP contribution in [-0.4, -0.2) is 16.2 Å². The van der Waals surface area contributed by atoms with Crippen molar-refractivity contribution in [2.75, 3.05) is 0 Å². The molecule has 2 aromatic carbocycles. The van der Waals surface area contributed by atoms with Crippen LogP contribution in [0.4, 0.5) is 0 Å². The van der Waals surface area contributed by atoms with Gasteiger partial charge in [0.05, 0.1) is 5.56 Å². The van der Waals surface area contributed by atoms with Crippen LogP contribution in [0.1, 0.15) is 22.2 Å². The summed E-state index contributed by atoms with van der Waals surface area (Å²) in [5.41, 5.74) is 0.872. The number of hydrogen-bond donors (Lipinski definition) is 2. The fraction of sp³-hybridized carbons (Fsp3) is 0.0833. The molecule has 3 rings (SSSR count). The van der Waals surface area contributed by atoms with Crippen LogP contribution in [0, 0.1) is 0 Å². The molecule has 0 amide bonds. The number of rotatable bonds is 0. The van der Waals surface area contributed by atoms with Gasteiger partial charge in [-0.3, -0.25) is 0 Å². The van der Waals surface area contributed by atoms with Crippen LogP contribution in [0.2, 0.25) is 0 Å². The van der Waals surface area contributed by atoms with Crippen molar-refractivity contribution in [1.82, 2.24) is 0 Å². The number of hydrogen-bond acceptors (Lipinski definition) is 4. The second kappa shape index (κ2) is 2.96. The molecule has 0 aliphatic carbocycles. The Balaban J connectivity index is 2.52. The number of cyclic esters (lactones) is 1. The third-order valence-electron chi connectivity index (χ3n) is 2.75. The van der Waals surface area contributed by atoms with E-state index < -0.39 is 12.3 Å². The summed E-state index contributed by atoms with van der Waals surface area (Å²) in [6.07, 6.45) is -1.26. The van der Waals surface area contributed by atoms with Gasteiger partial charge < -0.3 is 14.9 Å². The minimum absolute atomic E-state index is 0.0856. The van der Waals surface area contributed by atoms with Crippen LogP contribution >= 0.6 is 0 Å². The number of carbonyl (C=O) groups is 1. The van der Waals surface area contributed by atoms with E-state index in [9.17, 15) is 15.0 Å². The summed E-state index contributed by atoms with van der Waals surface area (Å²) in [6.45, 7) is 0. The Labute approximate surface area is 90.7 Å². The lowest BCUT2D eigenvalue weighted by Crippen LogP contribution is -2.17. The van der Waals surface area contributed by atoms with Crippen molar-refractivity contribution in [3.63, 3.8) is 0 Å². The predicted molar refractivity (Wildman–Crippen MR) is 56.0 cm³/mol. The molecule has 1 aliphatic heterocycles. The molecule has 0 bridgehead atoms. The van der Waals surface area contributed by atoms with Crippen LogP contribution in [0.15, 0.2) is 30.3 Å². The normalized spacial score (nSPS) is 18.6. The summed E-state index contributed by atoms with van der Waals surface area (Å²) >= 11 is 0. The van der Waals surface area contributed by atoms with E-state index in [0.717, 1.165) is 0 Å². The average molecular weight is 216 g/mol. The predicted octanol–water partition coefficient (Wildman–Crippen LogP) is 1.71. The van der Waals surface area contributed by atoms with Crippen molar-refractivity contribution in [3.05, 3.63) is 41.5 Å². The quantitative estimate of drug-likeness (QED) is 0.658. The van der Waals surface area contributed by atoms with Crippen molar-refractivity contribution in [2.24, 2.45) is 0 Å². The maximum atomic E-state index is 11.5. The first-order valence-corrected chi connectivity index (χ1v) is 4.82. The summed E-state index contributed by atoms with van der Waals surface area (Å²) in [5.74, 6) is -0.487. The first-order valence-electron chi connectivity index (χ1n) is 4.82. The SMILES string of the molecule is O=C1OC(O)c2cccc3c(O)ccc1c23. The summed E-state index contributed by atoms with van der Waals surface area (Å²) in [4.78, 5) is 11.5. The second-order valence-corrected chi connectivity index (χ2v) is 3.66. The first-order chi connectivity index (χ1) is 7.68. The number of aromatic hydroxyl groups is 1. The molecule has 2 N–H and O–H groups in total. The number of ether oxygens (including phenoxy) is 1. The fourth-order valence-corrected chi connectivity index (χ4v) is 2.02. The molecule has 0 radical (unpaired) electrons. The van der Waals surface area contributed by atoms with Crippen LogP contribution < -0.4 is 0 Å². The molecule has 4 heteroatoms. The summed E-state index contributed by atoms with van der Waals surface area (Å²) in [7, 11) is 0. The average Bonchev–Trinajstić information content (AvgIpc) is 2.27. The van der Waals surface area contributed by atoms with E-state index in [1.165, 1.54) is 12.1 Å². The van der Waals surface area contributed by atoms with Crippen LogP contribution in [-0.2, 0) is 4.74 Å². The number of carbonyl (C=O) groups excluding carboxylic acids is 1. The highest BCUT2D eigenvalue weighted by molar-refractivity contribution is 6.09. The van der Waals surface area contributed by atoms with Gasteiger partial charge in [-0.05, 0) is 12.1 Å². The maximum absolute atomic E-state index is 11.5. The largest absolute Gasteiger partial charge is 0.507 e. The second-order valence-electron chi connectivity index (χ2n) is 3.66. The van der Waals surface area contributed by atoms with Crippen molar-refractivity contribution >= 4 is 16.7 Å². The number of aliphatic hydroxyl groups excluding tert-OH is 1. The van der Waals surface area contributed by atoms with Gasteiger partial charge in [0.1, 0.15) is 5.75 Å². The Morgan fingerprint density at radius 1 is 1.19 bits per heavy atom. The molecule has 1 aliphatic rings. The highest BCUT2D eigenvalue weighted by atomic mass is 16.6. The minimum Gasteiger partial charge on any atom is -0.507 e. The number of benzene rings is 2. The van der Waals surface area contributed by atoms with Gasteiger partial charge in [-0.25, -0.2) is 4.79 Å². The van der Waals surface area contributed by atoms with E-state index >= 15 is 0 Å². The maximum Gasteiger partial charge on any atom is 0.341 e. The molecule has 4 nitrogen and oxygen atoms in total. The van der Waals surface area contributed by atoms with Gasteiger partial charge in [0, 0.05) is 16.3 Å². The van der Waals surface area contributed by atoms with E-state index in [0.29, 0.717) is 21.9 Å². The van der Waals surface area contributed by atoms with Crippen molar-refractivity contribution < 1.29 is 19.7 Å². The lowest BCUT2D eigenvalue weighted by molar-refractivity contribution is -0.0686. The van der Waals surface area contributed by atoms with Gasteiger partial charge in [-0.2, -0.15) is 0 Å². The molecule has 1 heterocycles. The smallest absolute Gasteiger partial charge is 0.341 e. The van der Waals surface area contributed by atoms with Gasteiger partial charge in [0.15, 0.2) is 0 Å². The highest BCUT2D eigenvalue weighted by Gasteiger charge is 2.27. The van der Waals surface area contributed by atoms with Crippen LogP contribution in [0.25, 0.3) is 10.8 Å². The summed E-state index contributed by atoms with van der Waals surface area (Å²) < 4.78 is 4.78. The zero-order chi connectivity index (χ0) is 11.3. The molecule has 0 aromatic heterocycles. The number of phenols is 1. The molecule has 0 spiro atoms. The van der Waals surface area contributed by atoms with Gasteiger partial charge in [0.25, 0.3) is 0 Å². The number of esters is 1. The molecule has 2 aromatic rings. The van der Waals surface area contributed by atoms with Crippen molar-refractivity contribution in [2.45, 2.75) is 6.29 Å². The van der Waals surface area contributed by atoms with Gasteiger partial charge in [-0.1, -0.05) is 18.2 Å². The van der Waals surface area contributed by atoms with E-state index in [1.54, 1.807) is 18.2 Å². The van der Waals surface area contributed by atoms with Gasteiger partial charge in [0.2, 0.25) is 6.29 Å². The Bertz CT molecular complexity index is 603. The first kappa shape index (κ1) is 9.18. The monoisotopic (exact) mass is 216 g/mol. The highest BCUT2D eigenvalue weighted by Crippen LogP contribution is 2.37. The van der Waals surface area contributed by atoms with Crippen LogP contribution in [0.3, 0.4) is 0 Å². The molecule has 0 saturated carbocycles. The standard InChI is InChI=1S/C12H8O4/c13-9-5-4-8-10-6(9)2-1-3-7(10)11(14)16-12(8)15/h1-5,11,13-14H. The van der Waals surface area contributed by atoms with E-state index in [-0.39, 0.29) is 5.75 Å². The Hall–Kier alpha value is -2.07. The van der Waals surface area contributed by atoms with Crippen molar-refractivity contribution in [3.8, 4) is 5.75 Å². The zero-order valence-corrected chi connectivity index (χ0v) is 8.18. The molecule has 80 valence electrons. The third-order valence-corrected chi connectivity index (χ3v) is 2.75. The number of phenolic OH excluding ortho intramolecular Hbond substituents is 1. The summed E-state index contributed by atoms with van der Waals surface area (Å²) in [6, 6.07) is 8.00. The molecular formula is C12H8O4. The van der Waals surface area contributed by atoms with Crippen LogP contribution in [0.5, 0.6) is 5.75 Å².